The van der Waals surface area contributed by atoms with Gasteiger partial charge < -0.3 is 10.1 Å². The molecule has 7 nitrogen and oxygen atoms in total. The quantitative estimate of drug-likeness (QED) is 0.460. The number of allylic oxidation sites excluding steroid dienone is 2. The van der Waals surface area contributed by atoms with Crippen molar-refractivity contribution in [2.75, 3.05) is 5.32 Å². The standard InChI is InChI=1S/C20H20F2N2O5/c1-10(24-18(26)12-6-3-4-7-13(12)19(24)27)20(28)29-11(2)17(25)23-16-14(21)8-5-9-15(16)22/h3-5,8-13H,6-7H2,1-2H3,(H,23,25)/t10-,11+,12-,13+/m0/s1. The fraction of sp³-hybridized carbons (Fsp3) is 0.400. The van der Waals surface area contributed by atoms with E-state index in [1.165, 1.54) is 13.8 Å². The number of para-hydroxylation sites is 1. The molecule has 1 aromatic carbocycles. The zero-order valence-corrected chi connectivity index (χ0v) is 15.9. The summed E-state index contributed by atoms with van der Waals surface area (Å²) in [5.41, 5.74) is -0.657. The van der Waals surface area contributed by atoms with Gasteiger partial charge in [0.1, 0.15) is 23.4 Å². The molecule has 1 fully saturated rings. The van der Waals surface area contributed by atoms with Gasteiger partial charge in [-0.05, 0) is 38.8 Å². The first-order valence-electron chi connectivity index (χ1n) is 9.19. The first-order chi connectivity index (χ1) is 13.7. The van der Waals surface area contributed by atoms with Crippen molar-refractivity contribution in [1.29, 1.82) is 0 Å². The number of nitrogens with zero attached hydrogens (tertiary/aromatic N) is 1. The van der Waals surface area contributed by atoms with Crippen LogP contribution in [0.5, 0.6) is 0 Å². The number of imide groups is 1. The highest BCUT2D eigenvalue weighted by Crippen LogP contribution is 2.36. The van der Waals surface area contributed by atoms with Crippen molar-refractivity contribution in [1.82, 2.24) is 4.90 Å². The Morgan fingerprint density at radius 1 is 1.07 bits per heavy atom. The highest BCUT2D eigenvalue weighted by atomic mass is 19.1. The maximum atomic E-state index is 13.7. The molecule has 1 heterocycles. The number of nitrogens with one attached hydrogen (secondary N) is 1. The van der Waals surface area contributed by atoms with Crippen LogP contribution in [0.2, 0.25) is 0 Å². The average Bonchev–Trinajstić information content (AvgIpc) is 2.95. The first-order valence-corrected chi connectivity index (χ1v) is 9.19. The molecule has 1 N–H and O–H groups in total. The second-order valence-electron chi connectivity index (χ2n) is 7.04. The van der Waals surface area contributed by atoms with Crippen LogP contribution in [0.4, 0.5) is 14.5 Å². The number of esters is 1. The van der Waals surface area contributed by atoms with Crippen LogP contribution < -0.4 is 5.32 Å². The Hall–Kier alpha value is -3.10. The van der Waals surface area contributed by atoms with Crippen LogP contribution in [0, 0.1) is 23.5 Å². The lowest BCUT2D eigenvalue weighted by Gasteiger charge is -2.23. The summed E-state index contributed by atoms with van der Waals surface area (Å²) >= 11 is 0. The third-order valence-corrected chi connectivity index (χ3v) is 5.14. The van der Waals surface area contributed by atoms with Crippen LogP contribution in [0.1, 0.15) is 26.7 Å². The summed E-state index contributed by atoms with van der Waals surface area (Å²) in [5, 5.41) is 2.03. The Kier molecular flexibility index (Phi) is 5.76. The summed E-state index contributed by atoms with van der Waals surface area (Å²) in [5.74, 6) is -5.75. The van der Waals surface area contributed by atoms with Gasteiger partial charge in [0.2, 0.25) is 11.8 Å². The van der Waals surface area contributed by atoms with E-state index in [0.717, 1.165) is 23.1 Å². The Morgan fingerprint density at radius 2 is 1.59 bits per heavy atom. The lowest BCUT2D eigenvalue weighted by molar-refractivity contribution is -0.163. The monoisotopic (exact) mass is 406 g/mol. The first kappa shape index (κ1) is 20.6. The van der Waals surface area contributed by atoms with Crippen molar-refractivity contribution in [3.8, 4) is 0 Å². The highest BCUT2D eigenvalue weighted by molar-refractivity contribution is 6.08. The average molecular weight is 406 g/mol. The number of carbonyl (C=O) groups excluding carboxylic acids is 4. The third kappa shape index (κ3) is 3.90. The Balaban J connectivity index is 1.64. The predicted octanol–water partition coefficient (Wildman–Crippen LogP) is 2.17. The van der Waals surface area contributed by atoms with Crippen LogP contribution in [-0.2, 0) is 23.9 Å². The molecule has 1 saturated heterocycles. The number of likely N-dealkylation sites (tertiary alicyclic amines) is 1. The normalized spacial score (nSPS) is 22.8. The van der Waals surface area contributed by atoms with Crippen LogP contribution >= 0.6 is 0 Å². The number of hydrogen-bond acceptors (Lipinski definition) is 5. The molecule has 0 bridgehead atoms. The number of carbonyl (C=O) groups is 4. The molecule has 1 aliphatic carbocycles. The minimum Gasteiger partial charge on any atom is -0.451 e. The summed E-state index contributed by atoms with van der Waals surface area (Å²) in [6, 6.07) is 1.86. The molecule has 0 aromatic heterocycles. The second-order valence-corrected chi connectivity index (χ2v) is 7.04. The molecule has 0 saturated carbocycles. The third-order valence-electron chi connectivity index (χ3n) is 5.14. The van der Waals surface area contributed by atoms with E-state index in [1.807, 2.05) is 17.5 Å². The fourth-order valence-electron chi connectivity index (χ4n) is 3.48. The van der Waals surface area contributed by atoms with Gasteiger partial charge in [0, 0.05) is 0 Å². The van der Waals surface area contributed by atoms with Gasteiger partial charge in [-0.15, -0.1) is 0 Å². The van der Waals surface area contributed by atoms with Gasteiger partial charge in [-0.2, -0.15) is 0 Å². The van der Waals surface area contributed by atoms with E-state index in [-0.39, 0.29) is 0 Å². The Labute approximate surface area is 165 Å². The lowest BCUT2D eigenvalue weighted by atomic mass is 9.85. The minimum absolute atomic E-state index is 0.431. The molecule has 0 radical (unpaired) electrons. The summed E-state index contributed by atoms with van der Waals surface area (Å²) in [6.45, 7) is 2.56. The minimum atomic E-state index is -1.40. The maximum absolute atomic E-state index is 13.7. The number of hydrogen-bond donors (Lipinski definition) is 1. The van der Waals surface area contributed by atoms with Crippen molar-refractivity contribution in [2.45, 2.75) is 38.8 Å². The Morgan fingerprint density at radius 3 is 2.10 bits per heavy atom. The predicted molar refractivity (Wildman–Crippen MR) is 97.2 cm³/mol. The van der Waals surface area contributed by atoms with Gasteiger partial charge in [0.25, 0.3) is 5.91 Å². The van der Waals surface area contributed by atoms with Crippen LogP contribution in [0.3, 0.4) is 0 Å². The van der Waals surface area contributed by atoms with E-state index < -0.39 is 65.0 Å². The molecule has 3 amide bonds. The van der Waals surface area contributed by atoms with E-state index in [4.69, 9.17) is 4.74 Å². The van der Waals surface area contributed by atoms with Crippen molar-refractivity contribution in [3.05, 3.63) is 42.0 Å². The van der Waals surface area contributed by atoms with Crippen molar-refractivity contribution < 1.29 is 32.7 Å². The molecule has 3 rings (SSSR count). The highest BCUT2D eigenvalue weighted by Gasteiger charge is 2.50. The molecular formula is C20H20F2N2O5. The van der Waals surface area contributed by atoms with E-state index in [9.17, 15) is 28.0 Å². The van der Waals surface area contributed by atoms with Crippen LogP contribution in [-0.4, -0.2) is 40.7 Å². The number of rotatable bonds is 5. The summed E-state index contributed by atoms with van der Waals surface area (Å²) < 4.78 is 32.3. The maximum Gasteiger partial charge on any atom is 0.329 e. The molecular weight excluding hydrogens is 386 g/mol. The van der Waals surface area contributed by atoms with Gasteiger partial charge in [-0.1, -0.05) is 18.2 Å². The van der Waals surface area contributed by atoms with E-state index in [0.29, 0.717) is 12.8 Å². The number of amides is 3. The zero-order valence-electron chi connectivity index (χ0n) is 15.9. The lowest BCUT2D eigenvalue weighted by Crippen LogP contribution is -2.46. The number of fused-ring (bicyclic) bond motifs is 1. The molecule has 4 atom stereocenters. The number of anilines is 1. The van der Waals surface area contributed by atoms with E-state index in [1.54, 1.807) is 0 Å². The summed E-state index contributed by atoms with van der Waals surface area (Å²) in [6.07, 6.45) is 3.11. The fourth-order valence-corrected chi connectivity index (χ4v) is 3.48. The van der Waals surface area contributed by atoms with Crippen molar-refractivity contribution >= 4 is 29.4 Å². The van der Waals surface area contributed by atoms with Crippen molar-refractivity contribution in [3.63, 3.8) is 0 Å². The second kappa shape index (κ2) is 8.10. The van der Waals surface area contributed by atoms with Gasteiger partial charge in [-0.3, -0.25) is 19.3 Å². The zero-order chi connectivity index (χ0) is 21.3. The van der Waals surface area contributed by atoms with E-state index in [2.05, 4.69) is 0 Å². The van der Waals surface area contributed by atoms with Crippen LogP contribution in [0.15, 0.2) is 30.4 Å². The molecule has 154 valence electrons. The summed E-state index contributed by atoms with van der Waals surface area (Å²) in [4.78, 5) is 50.5. The molecule has 2 aliphatic rings. The van der Waals surface area contributed by atoms with Gasteiger partial charge >= 0.3 is 5.97 Å². The molecule has 0 spiro atoms. The number of halogens is 2. The van der Waals surface area contributed by atoms with Gasteiger partial charge in [0.15, 0.2) is 6.10 Å². The molecule has 1 aliphatic heterocycles. The van der Waals surface area contributed by atoms with Crippen LogP contribution in [0.25, 0.3) is 0 Å². The number of ether oxygens (including phenoxy) is 1. The van der Waals surface area contributed by atoms with Gasteiger partial charge in [-0.25, -0.2) is 13.6 Å². The molecule has 29 heavy (non-hydrogen) atoms. The van der Waals surface area contributed by atoms with E-state index >= 15 is 0 Å². The molecule has 9 heteroatoms. The smallest absolute Gasteiger partial charge is 0.329 e. The Bertz CT molecular complexity index is 855. The number of benzene rings is 1. The molecule has 0 unspecified atom stereocenters. The summed E-state index contributed by atoms with van der Waals surface area (Å²) in [7, 11) is 0. The van der Waals surface area contributed by atoms with Gasteiger partial charge in [0.05, 0.1) is 11.8 Å². The molecule has 1 aromatic rings. The topological polar surface area (TPSA) is 92.8 Å². The van der Waals surface area contributed by atoms with Crippen molar-refractivity contribution in [2.24, 2.45) is 11.8 Å². The largest absolute Gasteiger partial charge is 0.451 e. The SMILES string of the molecule is C[C@@H](OC(=O)[C@H](C)N1C(=O)[C@H]2CC=CC[C@H]2C1=O)C(=O)Nc1c(F)cccc1F.